The number of likely N-dealkylation sites (N-methyl/N-ethyl adjacent to an activating group) is 1. The van der Waals surface area contributed by atoms with Crippen LogP contribution in [0, 0.1) is 0 Å². The van der Waals surface area contributed by atoms with Crippen LogP contribution in [0.25, 0.3) is 0 Å². The van der Waals surface area contributed by atoms with E-state index < -0.39 is 0 Å². The zero-order valence-corrected chi connectivity index (χ0v) is 7.81. The zero-order chi connectivity index (χ0) is 8.15. The van der Waals surface area contributed by atoms with Gasteiger partial charge in [-0.05, 0) is 21.0 Å². The van der Waals surface area contributed by atoms with E-state index in [1.807, 2.05) is 0 Å². The molecule has 0 amide bonds. The minimum Gasteiger partial charge on any atom is -0.313 e. The molecule has 0 unspecified atom stereocenters. The molecule has 2 nitrogen and oxygen atoms in total. The molecule has 0 aliphatic rings. The number of hydrogen-bond acceptors (Lipinski definition) is 2. The summed E-state index contributed by atoms with van der Waals surface area (Å²) in [6.07, 6.45) is 0. The van der Waals surface area contributed by atoms with E-state index in [0.717, 1.165) is 6.54 Å². The molecule has 1 N–H and O–H groups in total. The molecule has 0 heterocycles. The minimum atomic E-state index is 0.599. The Bertz CT molecular complexity index is 79.3. The minimum absolute atomic E-state index is 0.599. The van der Waals surface area contributed by atoms with Crippen LogP contribution in [0.3, 0.4) is 0 Å². The van der Waals surface area contributed by atoms with Crippen LogP contribution in [0.5, 0.6) is 0 Å². The SMILES string of the molecule is CC(C)NC[C@@H](C)N(C)C. The van der Waals surface area contributed by atoms with Gasteiger partial charge in [-0.25, -0.2) is 0 Å². The zero-order valence-electron chi connectivity index (χ0n) is 7.81. The summed E-state index contributed by atoms with van der Waals surface area (Å²) in [6, 6.07) is 1.23. The average molecular weight is 144 g/mol. The van der Waals surface area contributed by atoms with Crippen LogP contribution in [-0.4, -0.2) is 37.6 Å². The van der Waals surface area contributed by atoms with Gasteiger partial charge in [0, 0.05) is 18.6 Å². The fourth-order valence-corrected chi connectivity index (χ4v) is 0.589. The van der Waals surface area contributed by atoms with Crippen molar-refractivity contribution in [3.05, 3.63) is 0 Å². The van der Waals surface area contributed by atoms with Crippen LogP contribution in [0.2, 0.25) is 0 Å². The number of hydrogen-bond donors (Lipinski definition) is 1. The topological polar surface area (TPSA) is 15.3 Å². The molecule has 0 aromatic carbocycles. The molecule has 2 heteroatoms. The first-order valence-corrected chi connectivity index (χ1v) is 3.94. The summed E-state index contributed by atoms with van der Waals surface area (Å²) in [5, 5.41) is 3.38. The van der Waals surface area contributed by atoms with E-state index in [-0.39, 0.29) is 0 Å². The highest BCUT2D eigenvalue weighted by Gasteiger charge is 2.03. The van der Waals surface area contributed by atoms with E-state index in [9.17, 15) is 0 Å². The van der Waals surface area contributed by atoms with Crippen molar-refractivity contribution >= 4 is 0 Å². The van der Waals surface area contributed by atoms with Crippen molar-refractivity contribution in [2.75, 3.05) is 20.6 Å². The molecule has 0 saturated carbocycles. The highest BCUT2D eigenvalue weighted by atomic mass is 15.1. The van der Waals surface area contributed by atoms with E-state index in [0.29, 0.717) is 12.1 Å². The summed E-state index contributed by atoms with van der Waals surface area (Å²) >= 11 is 0. The summed E-state index contributed by atoms with van der Waals surface area (Å²) < 4.78 is 0. The van der Waals surface area contributed by atoms with Gasteiger partial charge >= 0.3 is 0 Å². The Morgan fingerprint density at radius 3 is 2.00 bits per heavy atom. The first kappa shape index (κ1) is 9.92. The third-order valence-electron chi connectivity index (χ3n) is 1.70. The lowest BCUT2D eigenvalue weighted by Gasteiger charge is -2.21. The normalized spacial score (nSPS) is 14.7. The number of nitrogens with one attached hydrogen (secondary N) is 1. The van der Waals surface area contributed by atoms with Crippen molar-refractivity contribution in [2.45, 2.75) is 32.9 Å². The predicted molar refractivity (Wildman–Crippen MR) is 46.3 cm³/mol. The van der Waals surface area contributed by atoms with E-state index >= 15 is 0 Å². The van der Waals surface area contributed by atoms with Gasteiger partial charge in [0.05, 0.1) is 0 Å². The lowest BCUT2D eigenvalue weighted by molar-refractivity contribution is 0.297. The molecule has 0 fully saturated rings. The summed E-state index contributed by atoms with van der Waals surface area (Å²) in [5.41, 5.74) is 0. The van der Waals surface area contributed by atoms with E-state index in [4.69, 9.17) is 0 Å². The number of rotatable bonds is 4. The standard InChI is InChI=1S/C8H20N2/c1-7(2)9-6-8(3)10(4)5/h7-9H,6H2,1-5H3/t8-/m1/s1. The quantitative estimate of drug-likeness (QED) is 0.631. The second-order valence-electron chi connectivity index (χ2n) is 3.38. The van der Waals surface area contributed by atoms with Gasteiger partial charge in [-0.3, -0.25) is 0 Å². The second kappa shape index (κ2) is 4.69. The Balaban J connectivity index is 3.30. The summed E-state index contributed by atoms with van der Waals surface area (Å²) in [4.78, 5) is 2.22. The molecule has 0 radical (unpaired) electrons. The van der Waals surface area contributed by atoms with Crippen molar-refractivity contribution in [1.29, 1.82) is 0 Å². The Kier molecular flexibility index (Phi) is 4.65. The molecule has 10 heavy (non-hydrogen) atoms. The third kappa shape index (κ3) is 4.77. The Morgan fingerprint density at radius 1 is 1.20 bits per heavy atom. The molecule has 1 atom stereocenters. The van der Waals surface area contributed by atoms with Gasteiger partial charge in [0.25, 0.3) is 0 Å². The van der Waals surface area contributed by atoms with Crippen molar-refractivity contribution in [3.63, 3.8) is 0 Å². The Morgan fingerprint density at radius 2 is 1.70 bits per heavy atom. The average Bonchev–Trinajstić information content (AvgIpc) is 1.82. The molecular formula is C8H20N2. The molecule has 0 bridgehead atoms. The first-order valence-electron chi connectivity index (χ1n) is 3.94. The number of nitrogens with zero attached hydrogens (tertiary/aromatic N) is 1. The van der Waals surface area contributed by atoms with Crippen LogP contribution in [0.4, 0.5) is 0 Å². The van der Waals surface area contributed by atoms with Crippen molar-refractivity contribution in [3.8, 4) is 0 Å². The van der Waals surface area contributed by atoms with Gasteiger partial charge < -0.3 is 10.2 Å². The lowest BCUT2D eigenvalue weighted by atomic mass is 10.3. The fourth-order valence-electron chi connectivity index (χ4n) is 0.589. The van der Waals surface area contributed by atoms with E-state index in [1.165, 1.54) is 0 Å². The van der Waals surface area contributed by atoms with Crippen molar-refractivity contribution in [1.82, 2.24) is 10.2 Å². The second-order valence-corrected chi connectivity index (χ2v) is 3.38. The molecule has 0 spiro atoms. The molecule has 0 aliphatic heterocycles. The summed E-state index contributed by atoms with van der Waals surface area (Å²) in [7, 11) is 4.21. The smallest absolute Gasteiger partial charge is 0.0186 e. The molecule has 0 aliphatic carbocycles. The van der Waals surface area contributed by atoms with Crippen molar-refractivity contribution in [2.24, 2.45) is 0 Å². The van der Waals surface area contributed by atoms with E-state index in [1.54, 1.807) is 0 Å². The fraction of sp³-hybridized carbons (Fsp3) is 1.00. The molecule has 0 aromatic rings. The Hall–Kier alpha value is -0.0800. The van der Waals surface area contributed by atoms with Gasteiger partial charge in [0.1, 0.15) is 0 Å². The maximum atomic E-state index is 3.38. The van der Waals surface area contributed by atoms with Gasteiger partial charge in [-0.1, -0.05) is 13.8 Å². The van der Waals surface area contributed by atoms with Crippen LogP contribution >= 0.6 is 0 Å². The highest BCUT2D eigenvalue weighted by molar-refractivity contribution is 4.64. The molecule has 0 saturated heterocycles. The van der Waals surface area contributed by atoms with Gasteiger partial charge in [-0.2, -0.15) is 0 Å². The van der Waals surface area contributed by atoms with Crippen molar-refractivity contribution < 1.29 is 0 Å². The maximum absolute atomic E-state index is 3.38. The summed E-state index contributed by atoms with van der Waals surface area (Å²) in [6.45, 7) is 7.63. The van der Waals surface area contributed by atoms with E-state index in [2.05, 4.69) is 45.1 Å². The molecule has 0 aromatic heterocycles. The third-order valence-corrected chi connectivity index (χ3v) is 1.70. The van der Waals surface area contributed by atoms with Crippen LogP contribution in [0.1, 0.15) is 20.8 Å². The van der Waals surface area contributed by atoms with Gasteiger partial charge in [0.15, 0.2) is 0 Å². The van der Waals surface area contributed by atoms with Crippen LogP contribution in [-0.2, 0) is 0 Å². The predicted octanol–water partition coefficient (Wildman–Crippen LogP) is 0.934. The summed E-state index contributed by atoms with van der Waals surface area (Å²) in [5.74, 6) is 0. The Labute approximate surface area is 64.6 Å². The highest BCUT2D eigenvalue weighted by Crippen LogP contribution is 1.89. The maximum Gasteiger partial charge on any atom is 0.0186 e. The molecule has 62 valence electrons. The van der Waals surface area contributed by atoms with Crippen LogP contribution in [0.15, 0.2) is 0 Å². The molecular weight excluding hydrogens is 124 g/mol. The largest absolute Gasteiger partial charge is 0.313 e. The van der Waals surface area contributed by atoms with Gasteiger partial charge in [0.2, 0.25) is 0 Å². The lowest BCUT2D eigenvalue weighted by Crippen LogP contribution is -2.38. The molecule has 0 rings (SSSR count). The van der Waals surface area contributed by atoms with Crippen LogP contribution < -0.4 is 5.32 Å². The first-order chi connectivity index (χ1) is 4.54. The monoisotopic (exact) mass is 144 g/mol. The van der Waals surface area contributed by atoms with Gasteiger partial charge in [-0.15, -0.1) is 0 Å².